The summed E-state index contributed by atoms with van der Waals surface area (Å²) >= 11 is 0. The largest absolute Gasteiger partial charge is 0.490 e. The third-order valence-electron chi connectivity index (χ3n) is 7.75. The molecule has 9 nitrogen and oxygen atoms in total. The number of aliphatic hydroxyl groups excluding tert-OH is 1. The minimum absolute atomic E-state index is 0.0215. The van der Waals surface area contributed by atoms with Crippen LogP contribution in [0.25, 0.3) is 0 Å². The van der Waals surface area contributed by atoms with Crippen molar-refractivity contribution < 1.29 is 33.5 Å². The van der Waals surface area contributed by atoms with E-state index in [1.807, 2.05) is 0 Å². The molecule has 0 bridgehead atoms. The first-order chi connectivity index (χ1) is 20.5. The van der Waals surface area contributed by atoms with E-state index in [2.05, 4.69) is 59.6 Å². The summed E-state index contributed by atoms with van der Waals surface area (Å²) in [6, 6.07) is 14.9. The van der Waals surface area contributed by atoms with Crippen LogP contribution in [0.5, 0.6) is 5.75 Å². The van der Waals surface area contributed by atoms with Gasteiger partial charge >= 0.3 is 0 Å². The lowest BCUT2D eigenvalue weighted by Crippen LogP contribution is -2.51. The van der Waals surface area contributed by atoms with E-state index in [0.29, 0.717) is 45.5 Å². The first-order valence-electron chi connectivity index (χ1n) is 15.3. The minimum atomic E-state index is -0.531. The summed E-state index contributed by atoms with van der Waals surface area (Å²) in [5, 5.41) is 13.4. The van der Waals surface area contributed by atoms with Gasteiger partial charge in [0.05, 0.1) is 63.6 Å². The Bertz CT molecular complexity index is 1050. The van der Waals surface area contributed by atoms with Gasteiger partial charge in [-0.1, -0.05) is 37.3 Å². The number of rotatable bonds is 17. The van der Waals surface area contributed by atoms with Crippen LogP contribution < -0.4 is 15.0 Å². The molecule has 0 saturated carbocycles. The lowest BCUT2D eigenvalue weighted by atomic mass is 9.85. The van der Waals surface area contributed by atoms with Gasteiger partial charge in [-0.2, -0.15) is 0 Å². The maximum atomic E-state index is 9.92. The lowest BCUT2D eigenvalue weighted by molar-refractivity contribution is -0.0752. The molecule has 0 amide bonds. The number of hydrogen-bond acceptors (Lipinski definition) is 9. The summed E-state index contributed by atoms with van der Waals surface area (Å²) in [5.41, 5.74) is 4.51. The molecule has 0 aliphatic carbocycles. The molecule has 2 heterocycles. The van der Waals surface area contributed by atoms with Crippen molar-refractivity contribution in [3.05, 3.63) is 59.2 Å². The number of piperidine rings is 1. The van der Waals surface area contributed by atoms with Crippen LogP contribution in [0.2, 0.25) is 0 Å². The average Bonchev–Trinajstić information content (AvgIpc) is 2.99. The third-order valence-corrected chi connectivity index (χ3v) is 7.75. The summed E-state index contributed by atoms with van der Waals surface area (Å²) in [6.45, 7) is 11.2. The van der Waals surface area contributed by atoms with Crippen molar-refractivity contribution in [3.8, 4) is 5.75 Å². The Kier molecular flexibility index (Phi) is 13.3. The molecule has 42 heavy (non-hydrogen) atoms. The van der Waals surface area contributed by atoms with Crippen LogP contribution in [-0.2, 0) is 36.9 Å². The zero-order valence-electron chi connectivity index (χ0n) is 25.8. The lowest BCUT2D eigenvalue weighted by Gasteiger charge is -2.39. The third kappa shape index (κ3) is 9.64. The fourth-order valence-corrected chi connectivity index (χ4v) is 5.67. The number of ether oxygens (including phenoxy) is 6. The number of aliphatic hydroxyl groups is 1. The van der Waals surface area contributed by atoms with Crippen LogP contribution in [0.15, 0.2) is 42.5 Å². The van der Waals surface area contributed by atoms with Crippen LogP contribution >= 0.6 is 0 Å². The molecule has 4 rings (SSSR count). The molecule has 9 heteroatoms. The normalized spacial score (nSPS) is 21.9. The van der Waals surface area contributed by atoms with Crippen molar-refractivity contribution in [2.24, 2.45) is 5.92 Å². The number of benzene rings is 2. The predicted octanol–water partition coefficient (Wildman–Crippen LogP) is 3.76. The SMILES string of the molecule is COCCCN1CCOc2ccc(CO[C@H]3CNC[C@@H](OC[C@H](C)O)[C@@H]3c3ccc(COC[C@@H](C)COC)cc3)cc21. The van der Waals surface area contributed by atoms with E-state index >= 15 is 0 Å². The van der Waals surface area contributed by atoms with Gasteiger partial charge in [-0.15, -0.1) is 0 Å². The van der Waals surface area contributed by atoms with E-state index in [4.69, 9.17) is 28.4 Å². The van der Waals surface area contributed by atoms with Gasteiger partial charge in [-0.3, -0.25) is 0 Å². The highest BCUT2D eigenvalue weighted by molar-refractivity contribution is 5.61. The monoisotopic (exact) mass is 586 g/mol. The highest BCUT2D eigenvalue weighted by Crippen LogP contribution is 2.34. The highest BCUT2D eigenvalue weighted by Gasteiger charge is 2.36. The molecular formula is C33H50N2O7. The van der Waals surface area contributed by atoms with Gasteiger partial charge in [-0.05, 0) is 42.2 Å². The van der Waals surface area contributed by atoms with Crippen molar-refractivity contribution >= 4 is 5.69 Å². The second-order valence-corrected chi connectivity index (χ2v) is 11.6. The van der Waals surface area contributed by atoms with Crippen LogP contribution in [0.4, 0.5) is 5.69 Å². The zero-order valence-corrected chi connectivity index (χ0v) is 25.8. The Hall–Kier alpha value is -2.24. The van der Waals surface area contributed by atoms with E-state index in [9.17, 15) is 5.11 Å². The number of hydrogen-bond donors (Lipinski definition) is 2. The van der Waals surface area contributed by atoms with E-state index in [1.54, 1.807) is 21.1 Å². The van der Waals surface area contributed by atoms with Crippen LogP contribution in [0.3, 0.4) is 0 Å². The maximum absolute atomic E-state index is 9.92. The Balaban J connectivity index is 1.44. The van der Waals surface area contributed by atoms with Crippen molar-refractivity contribution in [2.45, 2.75) is 57.7 Å². The molecule has 0 unspecified atom stereocenters. The van der Waals surface area contributed by atoms with E-state index in [1.165, 1.54) is 0 Å². The summed E-state index contributed by atoms with van der Waals surface area (Å²) in [7, 11) is 3.46. The van der Waals surface area contributed by atoms with Gasteiger partial charge in [0.2, 0.25) is 0 Å². The summed E-state index contributed by atoms with van der Waals surface area (Å²) in [4.78, 5) is 2.37. The molecular weight excluding hydrogens is 536 g/mol. The molecule has 234 valence electrons. The maximum Gasteiger partial charge on any atom is 0.142 e. The fourth-order valence-electron chi connectivity index (χ4n) is 5.67. The standard InChI is InChI=1S/C33H50N2O7/c1-24(19-38-4)20-39-22-26-6-9-28(10-7-26)33-31(41-21-25(2)36)17-34-18-32(33)42-23-27-8-11-30-29(16-27)35(13-15-40-30)12-5-14-37-3/h6-11,16,24-25,31-34,36H,5,12-15,17-23H2,1-4H3/t24-,25-,31+,32-,33-/m0/s1. The van der Waals surface area contributed by atoms with Gasteiger partial charge in [0.25, 0.3) is 0 Å². The average molecular weight is 587 g/mol. The molecule has 0 radical (unpaired) electrons. The number of nitrogens with zero attached hydrogens (tertiary/aromatic N) is 1. The smallest absolute Gasteiger partial charge is 0.142 e. The van der Waals surface area contributed by atoms with Gasteiger partial charge < -0.3 is 43.7 Å². The van der Waals surface area contributed by atoms with Gasteiger partial charge in [0.15, 0.2) is 0 Å². The fraction of sp³-hybridized carbons (Fsp3) is 0.636. The first kappa shape index (κ1) is 32.7. The van der Waals surface area contributed by atoms with Crippen LogP contribution in [0, 0.1) is 5.92 Å². The first-order valence-corrected chi connectivity index (χ1v) is 15.3. The number of fused-ring (bicyclic) bond motifs is 1. The van der Waals surface area contributed by atoms with E-state index < -0.39 is 6.10 Å². The Morgan fingerprint density at radius 1 is 0.929 bits per heavy atom. The van der Waals surface area contributed by atoms with Crippen molar-refractivity contribution in [2.75, 3.05) is 78.3 Å². The minimum Gasteiger partial charge on any atom is -0.490 e. The summed E-state index contributed by atoms with van der Waals surface area (Å²) in [5.74, 6) is 1.30. The highest BCUT2D eigenvalue weighted by atomic mass is 16.5. The van der Waals surface area contributed by atoms with Crippen molar-refractivity contribution in [1.29, 1.82) is 0 Å². The molecule has 2 aromatic rings. The molecule has 2 aromatic carbocycles. The predicted molar refractivity (Wildman–Crippen MR) is 163 cm³/mol. The molecule has 5 atom stereocenters. The van der Waals surface area contributed by atoms with Crippen molar-refractivity contribution in [1.82, 2.24) is 5.32 Å². The van der Waals surface area contributed by atoms with Gasteiger partial charge in [0, 0.05) is 52.3 Å². The molecule has 0 aromatic heterocycles. The van der Waals surface area contributed by atoms with Crippen molar-refractivity contribution in [3.63, 3.8) is 0 Å². The molecule has 1 saturated heterocycles. The van der Waals surface area contributed by atoms with Crippen LogP contribution in [0.1, 0.15) is 42.9 Å². The summed E-state index contributed by atoms with van der Waals surface area (Å²) < 4.78 is 35.1. The topological polar surface area (TPSA) is 90.9 Å². The Labute approximate surface area is 251 Å². The second kappa shape index (κ2) is 17.2. The number of anilines is 1. The summed E-state index contributed by atoms with van der Waals surface area (Å²) in [6.07, 6.45) is 0.220. The molecule has 2 aliphatic rings. The van der Waals surface area contributed by atoms with Gasteiger partial charge in [-0.25, -0.2) is 0 Å². The molecule has 2 aliphatic heterocycles. The quantitative estimate of drug-likeness (QED) is 0.269. The molecule has 2 N–H and O–H groups in total. The Morgan fingerprint density at radius 2 is 1.69 bits per heavy atom. The zero-order chi connectivity index (χ0) is 29.7. The molecule has 1 fully saturated rings. The Morgan fingerprint density at radius 3 is 2.43 bits per heavy atom. The number of methoxy groups -OCH3 is 2. The van der Waals surface area contributed by atoms with E-state index in [0.717, 1.165) is 60.8 Å². The van der Waals surface area contributed by atoms with E-state index in [-0.39, 0.29) is 24.7 Å². The van der Waals surface area contributed by atoms with Gasteiger partial charge in [0.1, 0.15) is 12.4 Å². The molecule has 0 spiro atoms. The van der Waals surface area contributed by atoms with Crippen LogP contribution in [-0.4, -0.2) is 96.9 Å². The second-order valence-electron chi connectivity index (χ2n) is 11.6. The number of nitrogens with one attached hydrogen (secondary N) is 1.